The zero-order valence-corrected chi connectivity index (χ0v) is 8.77. The molecule has 0 saturated carbocycles. The first-order valence-electron chi connectivity index (χ1n) is 5.13. The van der Waals surface area contributed by atoms with E-state index < -0.39 is 0 Å². The number of hydrogen-bond acceptors (Lipinski definition) is 4. The van der Waals surface area contributed by atoms with Crippen molar-refractivity contribution in [1.82, 2.24) is 10.1 Å². The lowest BCUT2D eigenvalue weighted by molar-refractivity contribution is 0.0777. The summed E-state index contributed by atoms with van der Waals surface area (Å²) >= 11 is 0. The van der Waals surface area contributed by atoms with E-state index in [9.17, 15) is 4.79 Å². The first-order chi connectivity index (χ1) is 7.20. The minimum Gasteiger partial charge on any atom is -0.361 e. The number of amides is 1. The number of carbonyl (C=O) groups is 1. The van der Waals surface area contributed by atoms with Gasteiger partial charge in [0.15, 0.2) is 5.69 Å². The maximum Gasteiger partial charge on any atom is 0.276 e. The van der Waals surface area contributed by atoms with Gasteiger partial charge in [-0.3, -0.25) is 4.79 Å². The average Bonchev–Trinajstić information content (AvgIpc) is 2.84. The molecule has 1 aromatic rings. The van der Waals surface area contributed by atoms with Gasteiger partial charge in [-0.25, -0.2) is 0 Å². The second-order valence-electron chi connectivity index (χ2n) is 3.96. The van der Waals surface area contributed by atoms with Crippen molar-refractivity contribution < 1.29 is 9.32 Å². The predicted molar refractivity (Wildman–Crippen MR) is 54.3 cm³/mol. The minimum absolute atomic E-state index is 0.0530. The van der Waals surface area contributed by atoms with Crippen LogP contribution in [-0.4, -0.2) is 35.6 Å². The van der Waals surface area contributed by atoms with Crippen molar-refractivity contribution in [3.63, 3.8) is 0 Å². The molecule has 1 fully saturated rings. The van der Waals surface area contributed by atoms with Gasteiger partial charge in [0.25, 0.3) is 5.91 Å². The lowest BCUT2D eigenvalue weighted by Crippen LogP contribution is -2.30. The van der Waals surface area contributed by atoms with Gasteiger partial charge in [-0.1, -0.05) is 5.16 Å². The molecule has 1 aromatic heterocycles. The van der Waals surface area contributed by atoms with E-state index in [1.165, 1.54) is 0 Å². The molecule has 1 unspecified atom stereocenters. The van der Waals surface area contributed by atoms with E-state index in [-0.39, 0.29) is 5.91 Å². The van der Waals surface area contributed by atoms with E-state index in [0.717, 1.165) is 19.5 Å². The smallest absolute Gasteiger partial charge is 0.276 e. The van der Waals surface area contributed by atoms with E-state index in [1.54, 1.807) is 17.9 Å². The van der Waals surface area contributed by atoms with E-state index in [4.69, 9.17) is 10.3 Å². The van der Waals surface area contributed by atoms with Crippen LogP contribution in [0.5, 0.6) is 0 Å². The van der Waals surface area contributed by atoms with Crippen LogP contribution in [-0.2, 0) is 0 Å². The third kappa shape index (κ3) is 2.02. The molecule has 1 aliphatic rings. The van der Waals surface area contributed by atoms with E-state index in [1.807, 2.05) is 0 Å². The van der Waals surface area contributed by atoms with Crippen LogP contribution in [0.25, 0.3) is 0 Å². The van der Waals surface area contributed by atoms with Crippen molar-refractivity contribution in [1.29, 1.82) is 0 Å². The maximum atomic E-state index is 11.9. The molecule has 0 radical (unpaired) electrons. The van der Waals surface area contributed by atoms with Gasteiger partial charge in [0, 0.05) is 19.2 Å². The highest BCUT2D eigenvalue weighted by Gasteiger charge is 2.27. The highest BCUT2D eigenvalue weighted by molar-refractivity contribution is 5.92. The molecule has 0 aliphatic carbocycles. The Kier molecular flexibility index (Phi) is 2.73. The monoisotopic (exact) mass is 209 g/mol. The van der Waals surface area contributed by atoms with Gasteiger partial charge < -0.3 is 15.2 Å². The zero-order valence-electron chi connectivity index (χ0n) is 8.77. The highest BCUT2D eigenvalue weighted by atomic mass is 16.5. The number of likely N-dealkylation sites (tertiary alicyclic amines) is 1. The third-order valence-corrected chi connectivity index (χ3v) is 2.75. The Morgan fingerprint density at radius 1 is 1.80 bits per heavy atom. The Morgan fingerprint density at radius 2 is 2.60 bits per heavy atom. The molecule has 0 aromatic carbocycles. The van der Waals surface area contributed by atoms with Crippen molar-refractivity contribution in [2.24, 2.45) is 11.7 Å². The topological polar surface area (TPSA) is 72.4 Å². The van der Waals surface area contributed by atoms with Crippen molar-refractivity contribution in [3.05, 3.63) is 17.5 Å². The number of carbonyl (C=O) groups excluding carboxylic acids is 1. The Bertz CT molecular complexity index is 361. The van der Waals surface area contributed by atoms with Crippen LogP contribution in [0.1, 0.15) is 22.7 Å². The largest absolute Gasteiger partial charge is 0.361 e. The van der Waals surface area contributed by atoms with E-state index in [2.05, 4.69) is 5.16 Å². The molecule has 2 heterocycles. The van der Waals surface area contributed by atoms with Crippen LogP contribution >= 0.6 is 0 Å². The second-order valence-corrected chi connectivity index (χ2v) is 3.96. The van der Waals surface area contributed by atoms with Gasteiger partial charge in [0.2, 0.25) is 0 Å². The van der Waals surface area contributed by atoms with Crippen molar-refractivity contribution in [2.75, 3.05) is 19.6 Å². The van der Waals surface area contributed by atoms with Gasteiger partial charge in [-0.05, 0) is 25.8 Å². The number of nitrogens with two attached hydrogens (primary N) is 1. The lowest BCUT2D eigenvalue weighted by Gasteiger charge is -2.13. The quantitative estimate of drug-likeness (QED) is 0.765. The normalized spacial score (nSPS) is 20.9. The Balaban J connectivity index is 2.03. The SMILES string of the molecule is Cc1cc(C(=O)N2CCC(CN)C2)no1. The van der Waals surface area contributed by atoms with Crippen LogP contribution in [0.15, 0.2) is 10.6 Å². The van der Waals surface area contributed by atoms with Crippen LogP contribution in [0.2, 0.25) is 0 Å². The van der Waals surface area contributed by atoms with Crippen molar-refractivity contribution in [3.8, 4) is 0 Å². The fourth-order valence-corrected chi connectivity index (χ4v) is 1.84. The van der Waals surface area contributed by atoms with Crippen LogP contribution < -0.4 is 5.73 Å². The molecular formula is C10H15N3O2. The molecular weight excluding hydrogens is 194 g/mol. The highest BCUT2D eigenvalue weighted by Crippen LogP contribution is 2.17. The molecule has 1 atom stereocenters. The predicted octanol–water partition coefficient (Wildman–Crippen LogP) is 0.404. The average molecular weight is 209 g/mol. The Labute approximate surface area is 88.2 Å². The molecule has 2 rings (SSSR count). The number of aryl methyl sites for hydroxylation is 1. The number of nitrogens with zero attached hydrogens (tertiary/aromatic N) is 2. The van der Waals surface area contributed by atoms with E-state index >= 15 is 0 Å². The lowest BCUT2D eigenvalue weighted by atomic mass is 10.1. The molecule has 1 saturated heterocycles. The fraction of sp³-hybridized carbons (Fsp3) is 0.600. The summed E-state index contributed by atoms with van der Waals surface area (Å²) in [6.45, 7) is 3.92. The number of rotatable bonds is 2. The number of aromatic nitrogens is 1. The molecule has 1 amide bonds. The Morgan fingerprint density at radius 3 is 3.13 bits per heavy atom. The van der Waals surface area contributed by atoms with Gasteiger partial charge in [0.1, 0.15) is 5.76 Å². The van der Waals surface area contributed by atoms with E-state index in [0.29, 0.717) is 23.9 Å². The summed E-state index contributed by atoms with van der Waals surface area (Å²) in [6, 6.07) is 1.66. The summed E-state index contributed by atoms with van der Waals surface area (Å²) in [6.07, 6.45) is 0.985. The molecule has 15 heavy (non-hydrogen) atoms. The molecule has 1 aliphatic heterocycles. The Hall–Kier alpha value is -1.36. The molecule has 2 N–H and O–H groups in total. The maximum absolute atomic E-state index is 11.9. The van der Waals surface area contributed by atoms with Crippen LogP contribution in [0, 0.1) is 12.8 Å². The molecule has 0 bridgehead atoms. The van der Waals surface area contributed by atoms with Crippen LogP contribution in [0.4, 0.5) is 0 Å². The molecule has 5 nitrogen and oxygen atoms in total. The first-order valence-corrected chi connectivity index (χ1v) is 5.13. The van der Waals surface area contributed by atoms with Crippen LogP contribution in [0.3, 0.4) is 0 Å². The van der Waals surface area contributed by atoms with Gasteiger partial charge in [-0.2, -0.15) is 0 Å². The molecule has 5 heteroatoms. The summed E-state index contributed by atoms with van der Waals surface area (Å²) < 4.78 is 4.88. The van der Waals surface area contributed by atoms with Gasteiger partial charge in [-0.15, -0.1) is 0 Å². The zero-order chi connectivity index (χ0) is 10.8. The van der Waals surface area contributed by atoms with Gasteiger partial charge >= 0.3 is 0 Å². The van der Waals surface area contributed by atoms with Gasteiger partial charge in [0.05, 0.1) is 0 Å². The summed E-state index contributed by atoms with van der Waals surface area (Å²) in [4.78, 5) is 13.7. The summed E-state index contributed by atoms with van der Waals surface area (Å²) in [5.41, 5.74) is 5.96. The molecule has 82 valence electrons. The first kappa shape index (κ1) is 10.2. The van der Waals surface area contributed by atoms with Crippen molar-refractivity contribution in [2.45, 2.75) is 13.3 Å². The minimum atomic E-state index is -0.0530. The second kappa shape index (κ2) is 4.02. The third-order valence-electron chi connectivity index (χ3n) is 2.75. The summed E-state index contributed by atoms with van der Waals surface area (Å²) in [7, 11) is 0. The number of hydrogen-bond donors (Lipinski definition) is 1. The summed E-state index contributed by atoms with van der Waals surface area (Å²) in [5, 5.41) is 3.71. The summed E-state index contributed by atoms with van der Waals surface area (Å²) in [5.74, 6) is 1.04. The molecule has 0 spiro atoms. The fourth-order valence-electron chi connectivity index (χ4n) is 1.84. The standard InChI is InChI=1S/C10H15N3O2/c1-7-4-9(12-15-7)10(14)13-3-2-8(5-11)6-13/h4,8H,2-3,5-6,11H2,1H3. The van der Waals surface area contributed by atoms with Crippen molar-refractivity contribution >= 4 is 5.91 Å².